The van der Waals surface area contributed by atoms with Gasteiger partial charge in [0.15, 0.2) is 5.41 Å². The zero-order chi connectivity index (χ0) is 20.8. The summed E-state index contributed by atoms with van der Waals surface area (Å²) in [5.41, 5.74) is -1.55. The molecule has 0 amide bonds. The molecule has 5 fully saturated rings. The van der Waals surface area contributed by atoms with Crippen LogP contribution in [0.3, 0.4) is 0 Å². The Hall–Kier alpha value is -1.58. The Balaban J connectivity index is 1.44. The predicted molar refractivity (Wildman–Crippen MR) is 112 cm³/mol. The van der Waals surface area contributed by atoms with Gasteiger partial charge in [0.25, 0.3) is 0 Å². The number of ether oxygens (including phenoxy) is 2. The molecule has 0 aromatic rings. The van der Waals surface area contributed by atoms with Gasteiger partial charge >= 0.3 is 11.9 Å². The Labute approximate surface area is 175 Å². The molecule has 0 N–H and O–H groups in total. The van der Waals surface area contributed by atoms with Crippen molar-refractivity contribution in [1.29, 1.82) is 0 Å². The van der Waals surface area contributed by atoms with Crippen LogP contribution in [0, 0.1) is 35.0 Å². The van der Waals surface area contributed by atoms with Crippen LogP contribution >= 0.6 is 0 Å². The lowest BCUT2D eigenvalue weighted by Crippen LogP contribution is -2.54. The summed E-state index contributed by atoms with van der Waals surface area (Å²) in [7, 11) is 0. The Kier molecular flexibility index (Phi) is 5.41. The molecule has 0 aliphatic heterocycles. The first kappa shape index (κ1) is 20.7. The molecule has 4 heteroatoms. The van der Waals surface area contributed by atoms with Gasteiger partial charge < -0.3 is 9.47 Å². The number of rotatable bonds is 9. The number of carbonyl (C=O) groups is 2. The van der Waals surface area contributed by atoms with Crippen LogP contribution in [-0.2, 0) is 19.1 Å². The second kappa shape index (κ2) is 7.59. The number of hydrogen-bond donors (Lipinski definition) is 0. The summed E-state index contributed by atoms with van der Waals surface area (Å²) in [4.78, 5) is 26.4. The van der Waals surface area contributed by atoms with Crippen molar-refractivity contribution in [2.24, 2.45) is 35.0 Å². The fourth-order valence-corrected chi connectivity index (χ4v) is 6.73. The molecule has 5 aliphatic rings. The first-order chi connectivity index (χ1) is 13.8. The summed E-state index contributed by atoms with van der Waals surface area (Å²) in [6.45, 7) is 12.0. The second-order valence-corrected chi connectivity index (χ2v) is 10.3. The molecule has 5 saturated carbocycles. The summed E-state index contributed by atoms with van der Waals surface area (Å²) >= 11 is 0. The lowest BCUT2D eigenvalue weighted by Gasteiger charge is -2.55. The monoisotopic (exact) mass is 400 g/mol. The maximum atomic E-state index is 13.3. The van der Waals surface area contributed by atoms with Crippen molar-refractivity contribution >= 4 is 11.9 Å². The Bertz CT molecular complexity index is 668. The van der Waals surface area contributed by atoms with E-state index in [-0.39, 0.29) is 17.5 Å². The van der Waals surface area contributed by atoms with Crippen LogP contribution in [0.25, 0.3) is 0 Å². The molecular formula is C25H36O4. The van der Waals surface area contributed by atoms with E-state index in [1.54, 1.807) is 6.08 Å². The quantitative estimate of drug-likeness (QED) is 0.220. The normalized spacial score (nSPS) is 39.3. The van der Waals surface area contributed by atoms with Gasteiger partial charge in [0.05, 0.1) is 0 Å². The highest BCUT2D eigenvalue weighted by Gasteiger charge is 2.68. The number of hydrogen-bond acceptors (Lipinski definition) is 4. The fraction of sp³-hybridized carbons (Fsp3) is 0.760. The van der Waals surface area contributed by atoms with E-state index in [0.717, 1.165) is 32.1 Å². The van der Waals surface area contributed by atoms with Gasteiger partial charge in [0, 0.05) is 12.3 Å². The van der Waals surface area contributed by atoms with Crippen LogP contribution in [0.5, 0.6) is 0 Å². The van der Waals surface area contributed by atoms with Crippen molar-refractivity contribution in [2.45, 2.75) is 83.7 Å². The van der Waals surface area contributed by atoms with Crippen LogP contribution in [0.15, 0.2) is 25.0 Å². The van der Waals surface area contributed by atoms with E-state index in [9.17, 15) is 9.59 Å². The van der Waals surface area contributed by atoms with E-state index >= 15 is 0 Å². The van der Waals surface area contributed by atoms with Gasteiger partial charge in [-0.1, -0.05) is 39.3 Å². The molecule has 29 heavy (non-hydrogen) atoms. The van der Waals surface area contributed by atoms with Gasteiger partial charge in [-0.05, 0) is 68.6 Å². The summed E-state index contributed by atoms with van der Waals surface area (Å²) in [6, 6.07) is 0. The number of allylic oxidation sites excluding steroid dienone is 2. The van der Waals surface area contributed by atoms with E-state index < -0.39 is 11.4 Å². The highest BCUT2D eigenvalue weighted by Crippen LogP contribution is 2.60. The zero-order valence-electron chi connectivity index (χ0n) is 18.1. The molecule has 0 saturated heterocycles. The topological polar surface area (TPSA) is 52.6 Å². The highest BCUT2D eigenvalue weighted by atomic mass is 16.6. The predicted octanol–water partition coefficient (Wildman–Crippen LogP) is 5.57. The summed E-state index contributed by atoms with van der Waals surface area (Å²) in [5.74, 6) is 1.89. The average molecular weight is 401 g/mol. The third-order valence-corrected chi connectivity index (χ3v) is 8.23. The molecule has 160 valence electrons. The largest absolute Gasteiger partial charge is 0.458 e. The minimum Gasteiger partial charge on any atom is -0.458 e. The Morgan fingerprint density at radius 3 is 2.00 bits per heavy atom. The van der Waals surface area contributed by atoms with E-state index in [1.807, 2.05) is 0 Å². The van der Waals surface area contributed by atoms with Crippen LogP contribution < -0.4 is 0 Å². The smallest absolute Gasteiger partial charge is 0.329 e. The summed E-state index contributed by atoms with van der Waals surface area (Å²) in [6.07, 6.45) is 11.6. The SMILES string of the molecule is C=CC1CC1(C(=O)OC(=C)CC(CC)CC)C(=O)OC12CC3CC(CC(C3)C1)C2. The number of carbonyl (C=O) groups excluding carboxylic acids is 2. The molecule has 5 aliphatic carbocycles. The average Bonchev–Trinajstić information content (AvgIpc) is 3.41. The molecule has 0 heterocycles. The van der Waals surface area contributed by atoms with E-state index in [2.05, 4.69) is 27.0 Å². The van der Waals surface area contributed by atoms with Crippen molar-refractivity contribution in [3.05, 3.63) is 25.0 Å². The molecule has 0 radical (unpaired) electrons. The maximum Gasteiger partial charge on any atom is 0.329 e. The standard InChI is InChI=1S/C25H36O4/c1-5-17(6-2)8-16(4)28-22(26)25(15-21(25)7-3)23(27)29-24-12-18-9-19(13-24)11-20(10-18)14-24/h7,17-21H,3-6,8-15H2,1-2H3. The van der Waals surface area contributed by atoms with Gasteiger partial charge in [-0.2, -0.15) is 0 Å². The van der Waals surface area contributed by atoms with E-state index in [1.165, 1.54) is 19.3 Å². The van der Waals surface area contributed by atoms with Crippen molar-refractivity contribution in [2.75, 3.05) is 0 Å². The van der Waals surface area contributed by atoms with E-state index in [4.69, 9.17) is 9.47 Å². The van der Waals surface area contributed by atoms with E-state index in [0.29, 0.717) is 42.3 Å². The summed E-state index contributed by atoms with van der Waals surface area (Å²) < 4.78 is 11.8. The number of esters is 2. The molecule has 4 nitrogen and oxygen atoms in total. The van der Waals surface area contributed by atoms with Gasteiger partial charge in [-0.15, -0.1) is 6.58 Å². The van der Waals surface area contributed by atoms with Gasteiger partial charge in [-0.25, -0.2) is 0 Å². The third kappa shape index (κ3) is 3.68. The maximum absolute atomic E-state index is 13.3. The summed E-state index contributed by atoms with van der Waals surface area (Å²) in [5, 5.41) is 0. The molecule has 0 aromatic heterocycles. The molecule has 4 bridgehead atoms. The molecule has 0 spiro atoms. The van der Waals surface area contributed by atoms with Gasteiger partial charge in [-0.3, -0.25) is 9.59 Å². The Morgan fingerprint density at radius 1 is 1.00 bits per heavy atom. The van der Waals surface area contributed by atoms with Crippen LogP contribution in [0.1, 0.15) is 78.1 Å². The lowest BCUT2D eigenvalue weighted by atomic mass is 9.54. The van der Waals surface area contributed by atoms with Gasteiger partial charge in [0.2, 0.25) is 0 Å². The first-order valence-electron chi connectivity index (χ1n) is 11.6. The molecule has 2 atom stereocenters. The molecular weight excluding hydrogens is 364 g/mol. The fourth-order valence-electron chi connectivity index (χ4n) is 6.73. The lowest BCUT2D eigenvalue weighted by molar-refractivity contribution is -0.195. The van der Waals surface area contributed by atoms with Crippen molar-refractivity contribution < 1.29 is 19.1 Å². The van der Waals surface area contributed by atoms with Crippen molar-refractivity contribution in [3.8, 4) is 0 Å². The minimum atomic E-state index is -1.21. The Morgan fingerprint density at radius 2 is 1.55 bits per heavy atom. The highest BCUT2D eigenvalue weighted by molar-refractivity contribution is 6.04. The first-order valence-corrected chi connectivity index (χ1v) is 11.6. The van der Waals surface area contributed by atoms with Crippen LogP contribution in [-0.4, -0.2) is 17.5 Å². The molecule has 2 unspecified atom stereocenters. The minimum absolute atomic E-state index is 0.197. The zero-order valence-corrected chi connectivity index (χ0v) is 18.1. The molecule has 0 aromatic carbocycles. The third-order valence-electron chi connectivity index (χ3n) is 8.23. The van der Waals surface area contributed by atoms with Crippen LogP contribution in [0.4, 0.5) is 0 Å². The second-order valence-electron chi connectivity index (χ2n) is 10.3. The van der Waals surface area contributed by atoms with Crippen molar-refractivity contribution in [1.82, 2.24) is 0 Å². The van der Waals surface area contributed by atoms with Crippen LogP contribution in [0.2, 0.25) is 0 Å². The molecule has 5 rings (SSSR count). The van der Waals surface area contributed by atoms with Gasteiger partial charge in [0.1, 0.15) is 11.4 Å². The van der Waals surface area contributed by atoms with Crippen molar-refractivity contribution in [3.63, 3.8) is 0 Å².